The van der Waals surface area contributed by atoms with Crippen LogP contribution in [0.3, 0.4) is 0 Å². The minimum absolute atomic E-state index is 0. The van der Waals surface area contributed by atoms with E-state index in [0.29, 0.717) is 85.5 Å². The lowest BCUT2D eigenvalue weighted by Crippen LogP contribution is -2.52. The van der Waals surface area contributed by atoms with Gasteiger partial charge in [-0.15, -0.1) is 12.4 Å². The highest BCUT2D eigenvalue weighted by Gasteiger charge is 2.36. The van der Waals surface area contributed by atoms with Crippen LogP contribution in [0.4, 0.5) is 11.4 Å². The van der Waals surface area contributed by atoms with Crippen LogP contribution >= 0.6 is 12.4 Å². The minimum Gasteiger partial charge on any atom is -0.508 e. The molecule has 6 aromatic rings. The number of rotatable bonds is 7. The van der Waals surface area contributed by atoms with Gasteiger partial charge in [0.15, 0.2) is 11.5 Å². The monoisotopic (exact) mass is 814 g/mol. The van der Waals surface area contributed by atoms with Crippen LogP contribution in [0.15, 0.2) is 91.1 Å². The van der Waals surface area contributed by atoms with E-state index in [9.17, 15) is 5.11 Å². The molecule has 6 heterocycles. The Hall–Kier alpha value is -5.82. The Morgan fingerprint density at radius 2 is 1.58 bits per heavy atom. The predicted molar refractivity (Wildman–Crippen MR) is 227 cm³/mol. The van der Waals surface area contributed by atoms with Crippen molar-refractivity contribution in [2.75, 3.05) is 51.0 Å². The normalized spacial score (nSPS) is 17.5. The number of benzene rings is 4. The van der Waals surface area contributed by atoms with Crippen molar-refractivity contribution in [2.45, 2.75) is 44.8 Å². The number of halogens is 1. The van der Waals surface area contributed by atoms with E-state index in [1.807, 2.05) is 59.1 Å². The van der Waals surface area contributed by atoms with E-state index < -0.39 is 0 Å². The van der Waals surface area contributed by atoms with Crippen LogP contribution in [0.25, 0.3) is 22.2 Å². The van der Waals surface area contributed by atoms with E-state index in [1.165, 1.54) is 5.56 Å². The van der Waals surface area contributed by atoms with E-state index in [0.717, 1.165) is 66.8 Å². The van der Waals surface area contributed by atoms with Gasteiger partial charge in [0.1, 0.15) is 19.0 Å². The van der Waals surface area contributed by atoms with Crippen LogP contribution < -0.4 is 14.4 Å². The van der Waals surface area contributed by atoms with Crippen molar-refractivity contribution in [1.82, 2.24) is 24.1 Å². The fraction of sp³-hybridized carbons (Fsp3) is 0.326. The highest BCUT2D eigenvalue weighted by molar-refractivity contribution is 6.13. The van der Waals surface area contributed by atoms with E-state index in [1.54, 1.807) is 35.4 Å². The van der Waals surface area contributed by atoms with Crippen LogP contribution in [0, 0.1) is 0 Å². The number of aromatic hydroxyl groups is 1. The topological polar surface area (TPSA) is 115 Å². The molecule has 4 aromatic carbocycles. The van der Waals surface area contributed by atoms with Gasteiger partial charge in [0.05, 0.1) is 41.7 Å². The van der Waals surface area contributed by atoms with Gasteiger partial charge in [0.2, 0.25) is 0 Å². The minimum atomic E-state index is -0.200. The first kappa shape index (κ1) is 38.7. The summed E-state index contributed by atoms with van der Waals surface area (Å²) < 4.78 is 22.0. The van der Waals surface area contributed by atoms with Gasteiger partial charge in [-0.1, -0.05) is 24.3 Å². The quantitative estimate of drug-likeness (QED) is 0.181. The van der Waals surface area contributed by atoms with E-state index in [-0.39, 0.29) is 36.0 Å². The van der Waals surface area contributed by atoms with Gasteiger partial charge in [0.25, 0.3) is 11.8 Å². The SMILES string of the molecule is Cl.Cn1ncc2cc(N(C(=O)c3cc(-c4cc5c(cc4C(=O)N4Cc6ccccc6C[C@H]4CN4CCOCC4)OCCO5)n4c3CCCC4)c3ccc(O)cc3)ccc21. The molecule has 0 bridgehead atoms. The highest BCUT2D eigenvalue weighted by Crippen LogP contribution is 2.42. The Balaban J connectivity index is 0.00000449. The Bertz CT molecular complexity index is 2540. The standard InChI is InChI=1S/C46H46N6O6.ClH/c1-48-40-14-11-34(23-32(40)27-47-48)52(33-9-12-36(53)13-10-33)46(55)39-24-42(50-15-5-4-8-41(39)50)37-25-43-44(58-21-20-57-43)26-38(37)45(54)51-28-31-7-3-2-6-30(31)22-35(51)29-49-16-18-56-19-17-49;/h2-3,6-7,9-14,23-27,35,53H,4-5,8,15-22,28-29H2,1H3;1H/t35-;/m0./s1. The van der Waals surface area contributed by atoms with Gasteiger partial charge in [-0.2, -0.15) is 5.10 Å². The summed E-state index contributed by atoms with van der Waals surface area (Å²) in [5, 5.41) is 15.6. The molecule has 10 rings (SSSR count). The van der Waals surface area contributed by atoms with Crippen LogP contribution in [0.1, 0.15) is 50.4 Å². The number of nitrogens with zero attached hydrogens (tertiary/aromatic N) is 6. The third kappa shape index (κ3) is 7.19. The maximum absolute atomic E-state index is 15.3. The molecule has 0 saturated carbocycles. The van der Waals surface area contributed by atoms with Crippen molar-refractivity contribution in [2.24, 2.45) is 7.05 Å². The number of hydrogen-bond acceptors (Lipinski definition) is 8. The average molecular weight is 815 g/mol. The van der Waals surface area contributed by atoms with Gasteiger partial charge in [0, 0.05) is 73.8 Å². The van der Waals surface area contributed by atoms with Gasteiger partial charge < -0.3 is 28.8 Å². The van der Waals surface area contributed by atoms with E-state index >= 15 is 9.59 Å². The molecule has 0 aliphatic carbocycles. The number of carbonyl (C=O) groups excluding carboxylic acids is 2. The molecule has 0 spiro atoms. The van der Waals surface area contributed by atoms with Gasteiger partial charge >= 0.3 is 0 Å². The number of phenolic OH excluding ortho intramolecular Hbond substituents is 1. The molecule has 1 saturated heterocycles. The number of hydrogen-bond donors (Lipinski definition) is 1. The number of ether oxygens (including phenoxy) is 3. The Morgan fingerprint density at radius 1 is 0.831 bits per heavy atom. The molecular weight excluding hydrogens is 768 g/mol. The number of carbonyl (C=O) groups is 2. The fourth-order valence-corrected chi connectivity index (χ4v) is 9.18. The molecular formula is C46H47ClN6O6. The average Bonchev–Trinajstić information content (AvgIpc) is 3.84. The first-order chi connectivity index (χ1) is 28.4. The first-order valence-corrected chi connectivity index (χ1v) is 20.3. The molecule has 304 valence electrons. The van der Waals surface area contributed by atoms with Gasteiger partial charge in [-0.25, -0.2) is 0 Å². The van der Waals surface area contributed by atoms with Crippen molar-refractivity contribution in [3.05, 3.63) is 119 Å². The van der Waals surface area contributed by atoms with Crippen molar-refractivity contribution in [3.8, 4) is 28.5 Å². The largest absolute Gasteiger partial charge is 0.508 e. The second-order valence-corrected chi connectivity index (χ2v) is 15.7. The number of phenols is 1. The van der Waals surface area contributed by atoms with Crippen LogP contribution in [-0.2, 0) is 37.7 Å². The zero-order valence-electron chi connectivity index (χ0n) is 33.0. The van der Waals surface area contributed by atoms with E-state index in [4.69, 9.17) is 14.2 Å². The molecule has 2 aromatic heterocycles. The van der Waals surface area contributed by atoms with Crippen molar-refractivity contribution in [1.29, 1.82) is 0 Å². The molecule has 1 atom stereocenters. The fourth-order valence-electron chi connectivity index (χ4n) is 9.18. The van der Waals surface area contributed by atoms with E-state index in [2.05, 4.69) is 32.8 Å². The van der Waals surface area contributed by atoms with Crippen molar-refractivity contribution < 1.29 is 28.9 Å². The number of fused-ring (bicyclic) bond motifs is 4. The van der Waals surface area contributed by atoms with Crippen LogP contribution in [0.5, 0.6) is 17.2 Å². The molecule has 0 radical (unpaired) electrons. The molecule has 59 heavy (non-hydrogen) atoms. The lowest BCUT2D eigenvalue weighted by molar-refractivity contribution is 0.0193. The number of aryl methyl sites for hydroxylation is 1. The summed E-state index contributed by atoms with van der Waals surface area (Å²) in [7, 11) is 1.89. The summed E-state index contributed by atoms with van der Waals surface area (Å²) in [6.07, 6.45) is 5.15. The number of anilines is 2. The molecule has 4 aliphatic rings. The van der Waals surface area contributed by atoms with Crippen LogP contribution in [0.2, 0.25) is 0 Å². The summed E-state index contributed by atoms with van der Waals surface area (Å²) in [5.41, 5.74) is 8.22. The lowest BCUT2D eigenvalue weighted by atomic mass is 9.92. The summed E-state index contributed by atoms with van der Waals surface area (Å²) in [5.74, 6) is 0.972. The maximum atomic E-state index is 15.3. The molecule has 1 fully saturated rings. The lowest BCUT2D eigenvalue weighted by Gasteiger charge is -2.41. The predicted octanol–water partition coefficient (Wildman–Crippen LogP) is 7.15. The summed E-state index contributed by atoms with van der Waals surface area (Å²) in [6, 6.07) is 26.7. The number of morpholine rings is 1. The van der Waals surface area contributed by atoms with Crippen molar-refractivity contribution >= 4 is 46.5 Å². The van der Waals surface area contributed by atoms with Gasteiger partial charge in [-0.05, 0) is 97.5 Å². The maximum Gasteiger partial charge on any atom is 0.264 e. The first-order valence-electron chi connectivity index (χ1n) is 20.3. The number of aromatic nitrogens is 3. The summed E-state index contributed by atoms with van der Waals surface area (Å²) in [4.78, 5) is 36.7. The second-order valence-electron chi connectivity index (χ2n) is 15.7. The smallest absolute Gasteiger partial charge is 0.264 e. The van der Waals surface area contributed by atoms with Crippen LogP contribution in [-0.4, -0.2) is 93.2 Å². The molecule has 12 nitrogen and oxygen atoms in total. The number of amides is 2. The zero-order chi connectivity index (χ0) is 39.3. The third-order valence-corrected chi connectivity index (χ3v) is 12.2. The van der Waals surface area contributed by atoms with Gasteiger partial charge in [-0.3, -0.25) is 24.1 Å². The molecule has 1 N–H and O–H groups in total. The summed E-state index contributed by atoms with van der Waals surface area (Å²) in [6.45, 7) is 5.80. The molecule has 2 amide bonds. The highest BCUT2D eigenvalue weighted by atomic mass is 35.5. The third-order valence-electron chi connectivity index (χ3n) is 12.2. The molecule has 4 aliphatic heterocycles. The Labute approximate surface area is 348 Å². The van der Waals surface area contributed by atoms with Crippen molar-refractivity contribution in [3.63, 3.8) is 0 Å². The molecule has 13 heteroatoms. The zero-order valence-corrected chi connectivity index (χ0v) is 33.8. The second kappa shape index (κ2) is 16.1. The Morgan fingerprint density at radius 3 is 2.37 bits per heavy atom. The summed E-state index contributed by atoms with van der Waals surface area (Å²) >= 11 is 0. The molecule has 0 unspecified atom stereocenters. The Kier molecular flexibility index (Phi) is 10.5.